The summed E-state index contributed by atoms with van der Waals surface area (Å²) in [5.74, 6) is 3.00. The van der Waals surface area contributed by atoms with Crippen molar-refractivity contribution in [3.05, 3.63) is 16.8 Å². The highest BCUT2D eigenvalue weighted by Gasteiger charge is 2.25. The third kappa shape index (κ3) is 2.60. The molecule has 3 N–H and O–H groups in total. The molecule has 0 spiro atoms. The zero-order valence-corrected chi connectivity index (χ0v) is 12.2. The Labute approximate surface area is 117 Å². The van der Waals surface area contributed by atoms with E-state index in [0.717, 1.165) is 29.2 Å². The van der Waals surface area contributed by atoms with Crippen LogP contribution in [0.5, 0.6) is 0 Å². The molecule has 1 aliphatic rings. The van der Waals surface area contributed by atoms with Crippen LogP contribution < -0.4 is 10.6 Å². The van der Waals surface area contributed by atoms with Gasteiger partial charge in [0.15, 0.2) is 11.7 Å². The first-order valence-electron chi connectivity index (χ1n) is 6.18. The summed E-state index contributed by atoms with van der Waals surface area (Å²) in [5, 5.41) is 20.5. The van der Waals surface area contributed by atoms with Gasteiger partial charge in [0, 0.05) is 18.8 Å². The van der Waals surface area contributed by atoms with E-state index in [1.165, 1.54) is 0 Å². The van der Waals surface area contributed by atoms with Gasteiger partial charge in [-0.3, -0.25) is 0 Å². The number of thioether (sulfide) groups is 1. The molecule has 0 saturated carbocycles. The van der Waals surface area contributed by atoms with E-state index >= 15 is 0 Å². The molecule has 6 nitrogen and oxygen atoms in total. The van der Waals surface area contributed by atoms with Gasteiger partial charge in [-0.2, -0.15) is 16.9 Å². The van der Waals surface area contributed by atoms with Crippen LogP contribution in [0.15, 0.2) is 5.16 Å². The summed E-state index contributed by atoms with van der Waals surface area (Å²) in [7, 11) is 1.99. The molecule has 1 saturated heterocycles. The van der Waals surface area contributed by atoms with Gasteiger partial charge in [0.05, 0.1) is 11.3 Å². The molecular formula is C12H19N5OS. The second-order valence-corrected chi connectivity index (χ2v) is 5.87. The fraction of sp³-hybridized carbons (Fsp3) is 0.583. The molecule has 0 amide bonds. The average Bonchev–Trinajstić information content (AvgIpc) is 2.94. The van der Waals surface area contributed by atoms with Gasteiger partial charge in [0.25, 0.3) is 0 Å². The summed E-state index contributed by atoms with van der Waals surface area (Å²) in [6, 6.07) is 0.423. The van der Waals surface area contributed by atoms with Crippen molar-refractivity contribution in [3.8, 4) is 0 Å². The zero-order chi connectivity index (χ0) is 14.0. The molecule has 1 aromatic heterocycles. The fourth-order valence-electron chi connectivity index (χ4n) is 2.20. The number of aryl methyl sites for hydroxylation is 1. The zero-order valence-electron chi connectivity index (χ0n) is 11.4. The topological polar surface area (TPSA) is 87.6 Å². The Bertz CT molecular complexity index is 499. The molecular weight excluding hydrogens is 262 g/mol. The maximum atomic E-state index is 8.97. The molecule has 0 aliphatic carbocycles. The summed E-state index contributed by atoms with van der Waals surface area (Å²) >= 11 is 1.93. The third-order valence-corrected chi connectivity index (χ3v) is 4.73. The van der Waals surface area contributed by atoms with Crippen molar-refractivity contribution in [1.29, 1.82) is 0 Å². The van der Waals surface area contributed by atoms with E-state index < -0.39 is 0 Å². The summed E-state index contributed by atoms with van der Waals surface area (Å²) in [5.41, 5.74) is 8.17. The normalized spacial score (nSPS) is 19.7. The van der Waals surface area contributed by atoms with Crippen molar-refractivity contribution in [2.24, 2.45) is 10.9 Å². The second-order valence-electron chi connectivity index (χ2n) is 4.72. The van der Waals surface area contributed by atoms with Crippen molar-refractivity contribution in [2.45, 2.75) is 26.3 Å². The minimum Gasteiger partial charge on any atom is -0.409 e. The van der Waals surface area contributed by atoms with Gasteiger partial charge in [0.2, 0.25) is 0 Å². The number of hydrogen-bond donors (Lipinski definition) is 2. The molecule has 0 aromatic carbocycles. The van der Waals surface area contributed by atoms with E-state index in [9.17, 15) is 0 Å². The molecule has 0 radical (unpaired) electrons. The van der Waals surface area contributed by atoms with Crippen LogP contribution in [-0.4, -0.2) is 45.8 Å². The molecule has 2 rings (SSSR count). The smallest absolute Gasteiger partial charge is 0.174 e. The number of anilines is 1. The van der Waals surface area contributed by atoms with Crippen LogP contribution in [0.4, 0.5) is 5.82 Å². The highest BCUT2D eigenvalue weighted by atomic mass is 32.2. The van der Waals surface area contributed by atoms with Gasteiger partial charge in [-0.15, -0.1) is 5.10 Å². The Hall–Kier alpha value is -1.50. The largest absolute Gasteiger partial charge is 0.409 e. The van der Waals surface area contributed by atoms with E-state index in [2.05, 4.69) is 20.3 Å². The Morgan fingerprint density at radius 3 is 2.79 bits per heavy atom. The standard InChI is InChI=1S/C12H19N5OS/c1-7-8(2)14-15-12(10(7)11(13)16-18)17(3)9-4-5-19-6-9/h9,18H,4-6H2,1-3H3,(H2,13,16). The number of oxime groups is 1. The lowest BCUT2D eigenvalue weighted by atomic mass is 10.1. The molecule has 2 heterocycles. The Balaban J connectivity index is 2.47. The second kappa shape index (κ2) is 5.64. The van der Waals surface area contributed by atoms with Gasteiger partial charge < -0.3 is 15.8 Å². The maximum Gasteiger partial charge on any atom is 0.174 e. The SMILES string of the molecule is Cc1nnc(N(C)C2CCSC2)c(/C(N)=N/O)c1C. The minimum absolute atomic E-state index is 0.0861. The molecule has 1 unspecified atom stereocenters. The maximum absolute atomic E-state index is 8.97. The Morgan fingerprint density at radius 1 is 1.47 bits per heavy atom. The van der Waals surface area contributed by atoms with E-state index in [0.29, 0.717) is 17.4 Å². The average molecular weight is 281 g/mol. The molecule has 104 valence electrons. The third-order valence-electron chi connectivity index (χ3n) is 3.59. The van der Waals surface area contributed by atoms with Gasteiger partial charge >= 0.3 is 0 Å². The number of aromatic nitrogens is 2. The summed E-state index contributed by atoms with van der Waals surface area (Å²) < 4.78 is 0. The number of nitrogens with two attached hydrogens (primary N) is 1. The lowest BCUT2D eigenvalue weighted by Crippen LogP contribution is -2.35. The van der Waals surface area contributed by atoms with Crippen LogP contribution >= 0.6 is 11.8 Å². The Kier molecular flexibility index (Phi) is 4.14. The van der Waals surface area contributed by atoms with Crippen molar-refractivity contribution in [1.82, 2.24) is 10.2 Å². The van der Waals surface area contributed by atoms with Crippen molar-refractivity contribution < 1.29 is 5.21 Å². The first kappa shape index (κ1) is 13.9. The van der Waals surface area contributed by atoms with E-state index in [1.807, 2.05) is 32.7 Å². The monoisotopic (exact) mass is 281 g/mol. The van der Waals surface area contributed by atoms with E-state index in [1.54, 1.807) is 0 Å². The Morgan fingerprint density at radius 2 is 2.21 bits per heavy atom. The lowest BCUT2D eigenvalue weighted by molar-refractivity contribution is 0.318. The van der Waals surface area contributed by atoms with Gasteiger partial charge in [0.1, 0.15) is 0 Å². The van der Waals surface area contributed by atoms with Crippen LogP contribution in [0.3, 0.4) is 0 Å². The molecule has 19 heavy (non-hydrogen) atoms. The van der Waals surface area contributed by atoms with Crippen LogP contribution in [0.2, 0.25) is 0 Å². The first-order chi connectivity index (χ1) is 9.06. The van der Waals surface area contributed by atoms with Crippen molar-refractivity contribution >= 4 is 23.4 Å². The summed E-state index contributed by atoms with van der Waals surface area (Å²) in [6.07, 6.45) is 1.12. The van der Waals surface area contributed by atoms with Crippen molar-refractivity contribution in [3.63, 3.8) is 0 Å². The van der Waals surface area contributed by atoms with Crippen LogP contribution in [0, 0.1) is 13.8 Å². The lowest BCUT2D eigenvalue weighted by Gasteiger charge is -2.27. The highest BCUT2D eigenvalue weighted by Crippen LogP contribution is 2.28. The number of rotatable bonds is 3. The molecule has 1 aromatic rings. The number of hydrogen-bond acceptors (Lipinski definition) is 6. The van der Waals surface area contributed by atoms with Crippen molar-refractivity contribution in [2.75, 3.05) is 23.5 Å². The van der Waals surface area contributed by atoms with Gasteiger partial charge in [-0.05, 0) is 31.6 Å². The van der Waals surface area contributed by atoms with Gasteiger partial charge in [-0.1, -0.05) is 5.16 Å². The van der Waals surface area contributed by atoms with E-state index in [-0.39, 0.29) is 5.84 Å². The summed E-state index contributed by atoms with van der Waals surface area (Å²) in [6.45, 7) is 3.78. The first-order valence-corrected chi connectivity index (χ1v) is 7.34. The van der Waals surface area contributed by atoms with Gasteiger partial charge in [-0.25, -0.2) is 0 Å². The molecule has 7 heteroatoms. The molecule has 0 bridgehead atoms. The molecule has 1 fully saturated rings. The predicted molar refractivity (Wildman–Crippen MR) is 78.1 cm³/mol. The minimum atomic E-state index is 0.0861. The van der Waals surface area contributed by atoms with Crippen LogP contribution in [0.25, 0.3) is 0 Å². The van der Waals surface area contributed by atoms with Crippen LogP contribution in [-0.2, 0) is 0 Å². The number of amidine groups is 1. The predicted octanol–water partition coefficient (Wildman–Crippen LogP) is 1.13. The summed E-state index contributed by atoms with van der Waals surface area (Å²) in [4.78, 5) is 2.09. The fourth-order valence-corrected chi connectivity index (χ4v) is 3.47. The van der Waals surface area contributed by atoms with Crippen LogP contribution in [0.1, 0.15) is 23.2 Å². The quantitative estimate of drug-likeness (QED) is 0.374. The molecule has 1 atom stereocenters. The number of nitrogens with zero attached hydrogens (tertiary/aromatic N) is 4. The van der Waals surface area contributed by atoms with E-state index in [4.69, 9.17) is 10.9 Å². The highest BCUT2D eigenvalue weighted by molar-refractivity contribution is 7.99. The molecule has 1 aliphatic heterocycles.